The Balaban J connectivity index is 1.69. The van der Waals surface area contributed by atoms with Crippen LogP contribution in [0.2, 0.25) is 0 Å². The number of hydrogen-bond donors (Lipinski definition) is 2. The van der Waals surface area contributed by atoms with Gasteiger partial charge in [-0.25, -0.2) is 0 Å². The molecule has 1 aromatic carbocycles. The van der Waals surface area contributed by atoms with Crippen LogP contribution in [0.15, 0.2) is 55.6 Å². The Morgan fingerprint density at radius 2 is 1.94 bits per heavy atom. The predicted octanol–water partition coefficient (Wildman–Crippen LogP) is 4.47. The summed E-state index contributed by atoms with van der Waals surface area (Å²) in [6.45, 7) is 13.9. The summed E-state index contributed by atoms with van der Waals surface area (Å²) in [6, 6.07) is 7.60. The van der Waals surface area contributed by atoms with E-state index in [1.54, 1.807) is 28.9 Å². The Hall–Kier alpha value is -3.02. The molecular formula is C36H50BrN3O7. The molecular weight excluding hydrogens is 666 g/mol. The van der Waals surface area contributed by atoms with E-state index in [1.807, 2.05) is 37.3 Å². The zero-order chi connectivity index (χ0) is 34.3. The Morgan fingerprint density at radius 1 is 1.21 bits per heavy atom. The second kappa shape index (κ2) is 16.4. The van der Waals surface area contributed by atoms with Crippen molar-refractivity contribution in [3.8, 4) is 0 Å². The highest BCUT2D eigenvalue weighted by Gasteiger charge is 2.77. The maximum atomic E-state index is 14.6. The molecule has 47 heavy (non-hydrogen) atoms. The number of fused-ring (bicyclic) bond motifs is 1. The van der Waals surface area contributed by atoms with Gasteiger partial charge in [0.15, 0.2) is 0 Å². The number of carbonyl (C=O) groups is 4. The molecule has 2 bridgehead atoms. The number of rotatable bonds is 18. The van der Waals surface area contributed by atoms with Crippen molar-refractivity contribution in [2.45, 2.75) is 106 Å². The van der Waals surface area contributed by atoms with E-state index in [4.69, 9.17) is 9.47 Å². The van der Waals surface area contributed by atoms with Gasteiger partial charge in [-0.2, -0.15) is 0 Å². The normalized spacial score (nSPS) is 27.9. The average molecular weight is 717 g/mol. The van der Waals surface area contributed by atoms with Crippen LogP contribution in [0.25, 0.3) is 0 Å². The highest BCUT2D eigenvalue weighted by atomic mass is 79.9. The predicted molar refractivity (Wildman–Crippen MR) is 182 cm³/mol. The van der Waals surface area contributed by atoms with Crippen LogP contribution in [0.3, 0.4) is 0 Å². The van der Waals surface area contributed by atoms with Crippen LogP contribution in [-0.4, -0.2) is 93.0 Å². The highest BCUT2D eigenvalue weighted by Crippen LogP contribution is 2.60. The van der Waals surface area contributed by atoms with Crippen LogP contribution < -0.4 is 5.32 Å². The summed E-state index contributed by atoms with van der Waals surface area (Å²) in [5.74, 6) is -3.21. The van der Waals surface area contributed by atoms with Gasteiger partial charge in [-0.1, -0.05) is 71.8 Å². The lowest BCUT2D eigenvalue weighted by atomic mass is 9.70. The minimum absolute atomic E-state index is 0.0362. The van der Waals surface area contributed by atoms with E-state index in [-0.39, 0.29) is 48.2 Å². The maximum absolute atomic E-state index is 14.6. The topological polar surface area (TPSA) is 125 Å². The van der Waals surface area contributed by atoms with Crippen LogP contribution in [0.4, 0.5) is 0 Å². The van der Waals surface area contributed by atoms with E-state index in [2.05, 4.69) is 41.3 Å². The first kappa shape index (κ1) is 36.8. The van der Waals surface area contributed by atoms with Gasteiger partial charge in [0.2, 0.25) is 17.7 Å². The van der Waals surface area contributed by atoms with Gasteiger partial charge in [0.25, 0.3) is 0 Å². The van der Waals surface area contributed by atoms with Gasteiger partial charge in [0.05, 0.1) is 24.0 Å². The smallest absolute Gasteiger partial charge is 0.313 e. The monoisotopic (exact) mass is 715 g/mol. The third-order valence-corrected chi connectivity index (χ3v) is 10.6. The molecule has 2 N–H and O–H groups in total. The number of ether oxygens (including phenoxy) is 2. The number of unbranched alkanes of at least 4 members (excludes halogenated alkanes) is 1. The van der Waals surface area contributed by atoms with E-state index in [1.165, 1.54) is 0 Å². The van der Waals surface area contributed by atoms with Gasteiger partial charge in [0, 0.05) is 37.0 Å². The van der Waals surface area contributed by atoms with Crippen molar-refractivity contribution in [3.63, 3.8) is 0 Å². The Labute approximate surface area is 287 Å². The van der Waals surface area contributed by atoms with Crippen molar-refractivity contribution in [1.29, 1.82) is 0 Å². The van der Waals surface area contributed by atoms with Crippen molar-refractivity contribution in [2.24, 2.45) is 11.8 Å². The lowest BCUT2D eigenvalue weighted by Gasteiger charge is -2.39. The summed E-state index contributed by atoms with van der Waals surface area (Å²) in [7, 11) is 0. The Kier molecular flexibility index (Phi) is 12.8. The molecule has 0 saturated carbocycles. The fourth-order valence-electron chi connectivity index (χ4n) is 7.61. The molecule has 258 valence electrons. The molecule has 1 spiro atoms. The van der Waals surface area contributed by atoms with E-state index in [9.17, 15) is 24.3 Å². The molecule has 1 aromatic rings. The number of carbonyl (C=O) groups excluding carboxylic acids is 4. The maximum Gasteiger partial charge on any atom is 0.313 e. The van der Waals surface area contributed by atoms with Crippen LogP contribution in [0.5, 0.6) is 0 Å². The fourth-order valence-corrected chi connectivity index (χ4v) is 8.55. The minimum Gasteiger partial charge on any atom is -0.455 e. The summed E-state index contributed by atoms with van der Waals surface area (Å²) in [6.07, 6.45) is 5.64. The van der Waals surface area contributed by atoms with Crippen LogP contribution in [0.1, 0.15) is 77.4 Å². The number of aliphatic hydroxyl groups excluding tert-OH is 1. The quantitative estimate of drug-likeness (QED) is 0.0995. The van der Waals surface area contributed by atoms with Crippen LogP contribution >= 0.6 is 15.9 Å². The standard InChI is InChI=1S/C36H50BrN3O7/c1-6-9-18-27(42)38-24(5)30(25-16-11-10-12-17-25)46-35(45)28-29-33(43)40(20-13-14-21-41)32(36(29)22-26(37)31(28)47-36)34(44)39(19-8-3)23(4)15-7-2/h6,8,10-12,16-17,23-24,26,28-32,41H,1,3,7,9,13-15,18-22H2,2,4-5H3,(H,38,42)/t23?,24-,26?,28-,29+,30-,31-,32-,36+/m0/s1. The molecule has 3 aliphatic rings. The van der Waals surface area contributed by atoms with Gasteiger partial charge < -0.3 is 29.7 Å². The van der Waals surface area contributed by atoms with Gasteiger partial charge in [-0.3, -0.25) is 19.2 Å². The molecule has 9 atom stereocenters. The van der Waals surface area contributed by atoms with Crippen molar-refractivity contribution in [3.05, 3.63) is 61.2 Å². The SMILES string of the molecule is C=CCCC(=O)N[C@@H](C)[C@H](OC(=O)[C@@H]1[C@H]2O[C@@]3(CC2Br)[C@H](C(=O)N(CC=C)C(C)CCC)N(CCCCO)C(=O)[C@@H]13)c1ccccc1. The van der Waals surface area contributed by atoms with Crippen molar-refractivity contribution < 1.29 is 33.8 Å². The Morgan fingerprint density at radius 3 is 2.57 bits per heavy atom. The van der Waals surface area contributed by atoms with Crippen LogP contribution in [0, 0.1) is 11.8 Å². The van der Waals surface area contributed by atoms with E-state index >= 15 is 0 Å². The number of nitrogens with one attached hydrogen (secondary N) is 1. The summed E-state index contributed by atoms with van der Waals surface area (Å²) in [4.78, 5) is 59.0. The van der Waals surface area contributed by atoms with Gasteiger partial charge >= 0.3 is 5.97 Å². The molecule has 0 aromatic heterocycles. The number of nitrogens with zero attached hydrogens (tertiary/aromatic N) is 2. The summed E-state index contributed by atoms with van der Waals surface area (Å²) in [5.41, 5.74) is -0.526. The fraction of sp³-hybridized carbons (Fsp3) is 0.611. The third kappa shape index (κ3) is 7.52. The molecule has 3 fully saturated rings. The number of amides is 3. The molecule has 4 rings (SSSR count). The zero-order valence-corrected chi connectivity index (χ0v) is 29.4. The molecule has 11 heteroatoms. The molecule has 10 nitrogen and oxygen atoms in total. The summed E-state index contributed by atoms with van der Waals surface area (Å²) < 4.78 is 12.9. The van der Waals surface area contributed by atoms with Crippen molar-refractivity contribution in [2.75, 3.05) is 19.7 Å². The van der Waals surface area contributed by atoms with E-state index < -0.39 is 47.7 Å². The molecule has 0 radical (unpaired) electrons. The number of likely N-dealkylation sites (tertiary alicyclic amines) is 1. The van der Waals surface area contributed by atoms with Gasteiger partial charge in [-0.05, 0) is 51.5 Å². The second-order valence-electron chi connectivity index (χ2n) is 13.0. The number of aliphatic hydroxyl groups is 1. The minimum atomic E-state index is -1.23. The Bertz CT molecular complexity index is 1290. The number of halogens is 1. The average Bonchev–Trinajstić information content (AvgIpc) is 3.64. The zero-order valence-electron chi connectivity index (χ0n) is 27.8. The number of esters is 1. The van der Waals surface area contributed by atoms with E-state index in [0.717, 1.165) is 12.8 Å². The van der Waals surface area contributed by atoms with E-state index in [0.29, 0.717) is 37.8 Å². The summed E-state index contributed by atoms with van der Waals surface area (Å²) >= 11 is 3.73. The molecule has 0 aliphatic carbocycles. The number of benzene rings is 1. The van der Waals surface area contributed by atoms with Crippen molar-refractivity contribution >= 4 is 39.6 Å². The number of hydrogen-bond acceptors (Lipinski definition) is 7. The molecule has 3 amide bonds. The lowest BCUT2D eigenvalue weighted by molar-refractivity contribution is -0.162. The first-order valence-corrected chi connectivity index (χ1v) is 17.8. The first-order valence-electron chi connectivity index (χ1n) is 16.9. The lowest BCUT2D eigenvalue weighted by Crippen LogP contribution is -2.58. The molecule has 3 aliphatic heterocycles. The number of alkyl halides is 1. The van der Waals surface area contributed by atoms with Gasteiger partial charge in [0.1, 0.15) is 17.7 Å². The third-order valence-electron chi connectivity index (χ3n) is 9.74. The first-order chi connectivity index (χ1) is 22.6. The molecule has 3 saturated heterocycles. The highest BCUT2D eigenvalue weighted by molar-refractivity contribution is 9.09. The van der Waals surface area contributed by atoms with Crippen LogP contribution in [-0.2, 0) is 28.7 Å². The number of allylic oxidation sites excluding steroid dienone is 1. The largest absolute Gasteiger partial charge is 0.455 e. The summed E-state index contributed by atoms with van der Waals surface area (Å²) in [5, 5.41) is 12.4. The molecule has 2 unspecified atom stereocenters. The second-order valence-corrected chi connectivity index (χ2v) is 14.2. The molecule has 3 heterocycles. The van der Waals surface area contributed by atoms with Gasteiger partial charge in [-0.15, -0.1) is 13.2 Å². The van der Waals surface area contributed by atoms with Crippen molar-refractivity contribution in [1.82, 2.24) is 15.1 Å².